The Bertz CT molecular complexity index is 455. The lowest BCUT2D eigenvalue weighted by Crippen LogP contribution is -2.11. The van der Waals surface area contributed by atoms with Crippen LogP contribution in [0, 0.1) is 0 Å². The third kappa shape index (κ3) is 1.98. The van der Waals surface area contributed by atoms with Gasteiger partial charge in [-0.15, -0.1) is 0 Å². The molecule has 0 unspecified atom stereocenters. The van der Waals surface area contributed by atoms with E-state index in [0.717, 1.165) is 5.65 Å². The van der Waals surface area contributed by atoms with Crippen molar-refractivity contribution in [3.63, 3.8) is 0 Å². The van der Waals surface area contributed by atoms with Gasteiger partial charge in [-0.05, 0) is 26.0 Å². The molecule has 0 aliphatic rings. The zero-order valence-electron chi connectivity index (χ0n) is 8.68. The Hall–Kier alpha value is -1.84. The maximum atomic E-state index is 11.5. The van der Waals surface area contributed by atoms with Crippen LogP contribution in [0.3, 0.4) is 0 Å². The van der Waals surface area contributed by atoms with E-state index in [1.165, 1.54) is 0 Å². The van der Waals surface area contributed by atoms with Crippen LogP contribution >= 0.6 is 0 Å². The van der Waals surface area contributed by atoms with Crippen molar-refractivity contribution in [1.29, 1.82) is 0 Å². The Balaban J connectivity index is 2.32. The lowest BCUT2D eigenvalue weighted by atomic mass is 10.4. The summed E-state index contributed by atoms with van der Waals surface area (Å²) >= 11 is 0. The van der Waals surface area contributed by atoms with Crippen molar-refractivity contribution in [2.24, 2.45) is 0 Å². The third-order valence-corrected chi connectivity index (χ3v) is 1.92. The lowest BCUT2D eigenvalue weighted by Gasteiger charge is -2.04. The standard InChI is InChI=1S/C11H12N2O2/c1-8(2)15-11(14)9-7-13-6-4-3-5-10(13)12-9/h3-8H,1-2H3. The van der Waals surface area contributed by atoms with Crippen molar-refractivity contribution in [2.75, 3.05) is 0 Å². The highest BCUT2D eigenvalue weighted by molar-refractivity contribution is 5.88. The van der Waals surface area contributed by atoms with Crippen molar-refractivity contribution >= 4 is 11.6 Å². The Morgan fingerprint density at radius 3 is 2.93 bits per heavy atom. The highest BCUT2D eigenvalue weighted by atomic mass is 16.5. The number of aromatic nitrogens is 2. The monoisotopic (exact) mass is 204 g/mol. The van der Waals surface area contributed by atoms with Crippen molar-refractivity contribution in [1.82, 2.24) is 9.38 Å². The van der Waals surface area contributed by atoms with E-state index in [9.17, 15) is 4.79 Å². The van der Waals surface area contributed by atoms with Crippen LogP contribution in [0.1, 0.15) is 24.3 Å². The molecule has 0 aliphatic carbocycles. The average molecular weight is 204 g/mol. The SMILES string of the molecule is CC(C)OC(=O)c1cn2ccccc2n1. The van der Waals surface area contributed by atoms with E-state index in [1.807, 2.05) is 38.2 Å². The van der Waals surface area contributed by atoms with Crippen LogP contribution in [-0.4, -0.2) is 21.5 Å². The molecule has 2 heterocycles. The van der Waals surface area contributed by atoms with Crippen LogP contribution in [0.4, 0.5) is 0 Å². The summed E-state index contributed by atoms with van der Waals surface area (Å²) in [5, 5.41) is 0. The number of pyridine rings is 1. The van der Waals surface area contributed by atoms with Crippen molar-refractivity contribution < 1.29 is 9.53 Å². The van der Waals surface area contributed by atoms with Gasteiger partial charge >= 0.3 is 5.97 Å². The molecule has 2 rings (SSSR count). The maximum Gasteiger partial charge on any atom is 0.358 e. The summed E-state index contributed by atoms with van der Waals surface area (Å²) in [6.45, 7) is 3.63. The predicted octanol–water partition coefficient (Wildman–Crippen LogP) is 1.90. The molecule has 4 heteroatoms. The van der Waals surface area contributed by atoms with E-state index in [-0.39, 0.29) is 12.1 Å². The van der Waals surface area contributed by atoms with Crippen LogP contribution in [-0.2, 0) is 4.74 Å². The summed E-state index contributed by atoms with van der Waals surface area (Å²) in [4.78, 5) is 15.7. The van der Waals surface area contributed by atoms with Gasteiger partial charge < -0.3 is 9.14 Å². The normalized spacial score (nSPS) is 10.9. The Morgan fingerprint density at radius 1 is 1.47 bits per heavy atom. The van der Waals surface area contributed by atoms with Gasteiger partial charge in [0.15, 0.2) is 5.69 Å². The number of hydrogen-bond donors (Lipinski definition) is 0. The topological polar surface area (TPSA) is 43.6 Å². The van der Waals surface area contributed by atoms with E-state index >= 15 is 0 Å². The fourth-order valence-electron chi connectivity index (χ4n) is 1.31. The molecule has 0 aliphatic heterocycles. The summed E-state index contributed by atoms with van der Waals surface area (Å²) in [5.41, 5.74) is 1.09. The first kappa shape index (κ1) is 9.71. The van der Waals surface area contributed by atoms with Crippen molar-refractivity contribution in [2.45, 2.75) is 20.0 Å². The molecule has 2 aromatic rings. The Kier molecular flexibility index (Phi) is 2.41. The average Bonchev–Trinajstić information content (AvgIpc) is 2.59. The summed E-state index contributed by atoms with van der Waals surface area (Å²) in [6.07, 6.45) is 3.39. The number of fused-ring (bicyclic) bond motifs is 1. The molecule has 2 aromatic heterocycles. The van der Waals surface area contributed by atoms with Gasteiger partial charge in [0.2, 0.25) is 0 Å². The van der Waals surface area contributed by atoms with E-state index in [2.05, 4.69) is 4.98 Å². The van der Waals surface area contributed by atoms with Crippen molar-refractivity contribution in [3.8, 4) is 0 Å². The van der Waals surface area contributed by atoms with Gasteiger partial charge in [0.05, 0.1) is 6.10 Å². The zero-order chi connectivity index (χ0) is 10.8. The highest BCUT2D eigenvalue weighted by Gasteiger charge is 2.12. The number of esters is 1. The number of carbonyl (C=O) groups is 1. The fourth-order valence-corrected chi connectivity index (χ4v) is 1.31. The van der Waals surface area contributed by atoms with E-state index < -0.39 is 0 Å². The van der Waals surface area contributed by atoms with Crippen LogP contribution in [0.15, 0.2) is 30.6 Å². The molecule has 0 aromatic carbocycles. The second-order valence-corrected chi connectivity index (χ2v) is 3.55. The first-order valence-electron chi connectivity index (χ1n) is 4.81. The number of hydrogen-bond acceptors (Lipinski definition) is 3. The molecule has 0 atom stereocenters. The smallest absolute Gasteiger partial charge is 0.358 e. The molecule has 0 amide bonds. The van der Waals surface area contributed by atoms with Gasteiger partial charge in [0, 0.05) is 12.4 Å². The molecule has 0 bridgehead atoms. The number of carbonyl (C=O) groups excluding carboxylic acids is 1. The number of nitrogens with zero attached hydrogens (tertiary/aromatic N) is 2. The summed E-state index contributed by atoms with van der Waals surface area (Å²) in [7, 11) is 0. The van der Waals surface area contributed by atoms with Gasteiger partial charge in [-0.25, -0.2) is 9.78 Å². The highest BCUT2D eigenvalue weighted by Crippen LogP contribution is 2.06. The largest absolute Gasteiger partial charge is 0.458 e. The summed E-state index contributed by atoms with van der Waals surface area (Å²) < 4.78 is 6.84. The molecular weight excluding hydrogens is 192 g/mol. The zero-order valence-corrected chi connectivity index (χ0v) is 8.68. The van der Waals surface area contributed by atoms with Gasteiger partial charge in [-0.2, -0.15) is 0 Å². The third-order valence-electron chi connectivity index (χ3n) is 1.92. The quantitative estimate of drug-likeness (QED) is 0.702. The van der Waals surface area contributed by atoms with E-state index in [1.54, 1.807) is 10.6 Å². The minimum absolute atomic E-state index is 0.123. The van der Waals surface area contributed by atoms with Gasteiger partial charge in [0.1, 0.15) is 5.65 Å². The first-order valence-corrected chi connectivity index (χ1v) is 4.81. The minimum Gasteiger partial charge on any atom is -0.458 e. The molecule has 0 radical (unpaired) electrons. The molecule has 15 heavy (non-hydrogen) atoms. The molecule has 0 saturated carbocycles. The van der Waals surface area contributed by atoms with Crippen LogP contribution in [0.2, 0.25) is 0 Å². The van der Waals surface area contributed by atoms with Gasteiger partial charge in [-0.3, -0.25) is 0 Å². The van der Waals surface area contributed by atoms with Crippen LogP contribution in [0.5, 0.6) is 0 Å². The van der Waals surface area contributed by atoms with Gasteiger partial charge in [-0.1, -0.05) is 6.07 Å². The number of imidazole rings is 1. The Morgan fingerprint density at radius 2 is 2.27 bits per heavy atom. The molecule has 0 saturated heterocycles. The summed E-state index contributed by atoms with van der Waals surface area (Å²) in [6, 6.07) is 5.60. The van der Waals surface area contributed by atoms with Gasteiger partial charge in [0.25, 0.3) is 0 Å². The van der Waals surface area contributed by atoms with Crippen LogP contribution in [0.25, 0.3) is 5.65 Å². The number of rotatable bonds is 2. The minimum atomic E-state index is -0.381. The maximum absolute atomic E-state index is 11.5. The summed E-state index contributed by atoms with van der Waals surface area (Å²) in [5.74, 6) is -0.381. The lowest BCUT2D eigenvalue weighted by molar-refractivity contribution is 0.0371. The van der Waals surface area contributed by atoms with E-state index in [4.69, 9.17) is 4.74 Å². The second-order valence-electron chi connectivity index (χ2n) is 3.55. The molecule has 0 spiro atoms. The van der Waals surface area contributed by atoms with E-state index in [0.29, 0.717) is 5.69 Å². The second kappa shape index (κ2) is 3.73. The number of ether oxygens (including phenoxy) is 1. The predicted molar refractivity (Wildman–Crippen MR) is 55.7 cm³/mol. The molecular formula is C11H12N2O2. The molecule has 0 N–H and O–H groups in total. The Labute approximate surface area is 87.5 Å². The first-order chi connectivity index (χ1) is 7.16. The molecule has 4 nitrogen and oxygen atoms in total. The molecule has 0 fully saturated rings. The molecule has 78 valence electrons. The van der Waals surface area contributed by atoms with Crippen molar-refractivity contribution in [3.05, 3.63) is 36.3 Å². The van der Waals surface area contributed by atoms with Crippen LogP contribution < -0.4 is 0 Å². The fraction of sp³-hybridized carbons (Fsp3) is 0.273.